The van der Waals surface area contributed by atoms with Gasteiger partial charge in [0.15, 0.2) is 0 Å². The highest BCUT2D eigenvalue weighted by atomic mass is 19.1. The summed E-state index contributed by atoms with van der Waals surface area (Å²) in [5.41, 5.74) is 0.172. The van der Waals surface area contributed by atoms with Crippen molar-refractivity contribution >= 4 is 6.09 Å². The van der Waals surface area contributed by atoms with Crippen LogP contribution in [0.25, 0.3) is 0 Å². The second-order valence-corrected chi connectivity index (χ2v) is 5.76. The number of amides is 1. The summed E-state index contributed by atoms with van der Waals surface area (Å²) in [6, 6.07) is 7.40. The van der Waals surface area contributed by atoms with Crippen molar-refractivity contribution in [3.05, 3.63) is 57.8 Å². The minimum Gasteiger partial charge on any atom is -0.465 e. The molecule has 0 radical (unpaired) electrons. The number of nitrogens with one attached hydrogen (secondary N) is 1. The zero-order valence-electron chi connectivity index (χ0n) is 12.4. The Bertz CT molecular complexity index is 754. The topological polar surface area (TPSA) is 86.5 Å². The molecule has 23 heavy (non-hydrogen) atoms. The van der Waals surface area contributed by atoms with Crippen LogP contribution in [-0.4, -0.2) is 33.8 Å². The number of likely N-dealkylation sites (tertiary alicyclic amines) is 1. The Labute approximate surface area is 131 Å². The highest BCUT2D eigenvalue weighted by Gasteiger charge is 2.34. The zero-order chi connectivity index (χ0) is 16.4. The number of halogens is 1. The maximum Gasteiger partial charge on any atom is 0.407 e. The van der Waals surface area contributed by atoms with Crippen LogP contribution >= 0.6 is 0 Å². The summed E-state index contributed by atoms with van der Waals surface area (Å²) in [5.74, 6) is 0.132. The van der Waals surface area contributed by atoms with Crippen molar-refractivity contribution in [2.45, 2.75) is 31.2 Å². The number of benzene rings is 1. The molecule has 1 fully saturated rings. The SMILES string of the molecule is O=C(O)N1CC[C@H](c2cc(=O)[nH]o2)C[C@H]1Cc1ccccc1F. The van der Waals surface area contributed by atoms with Gasteiger partial charge in [-0.1, -0.05) is 18.2 Å². The number of aromatic amines is 1. The van der Waals surface area contributed by atoms with Crippen molar-refractivity contribution in [2.24, 2.45) is 0 Å². The third-order valence-corrected chi connectivity index (χ3v) is 4.32. The molecule has 122 valence electrons. The molecule has 0 bridgehead atoms. The predicted octanol–water partition coefficient (Wildman–Crippen LogP) is 2.58. The van der Waals surface area contributed by atoms with Crippen LogP contribution in [0.5, 0.6) is 0 Å². The zero-order valence-corrected chi connectivity index (χ0v) is 12.4. The van der Waals surface area contributed by atoms with E-state index in [1.807, 2.05) is 0 Å². The summed E-state index contributed by atoms with van der Waals surface area (Å²) in [6.45, 7) is 0.327. The van der Waals surface area contributed by atoms with Crippen molar-refractivity contribution in [1.82, 2.24) is 10.1 Å². The number of hydrogen-bond donors (Lipinski definition) is 2. The molecule has 2 heterocycles. The molecule has 0 saturated carbocycles. The lowest BCUT2D eigenvalue weighted by molar-refractivity contribution is 0.0965. The molecule has 0 aliphatic carbocycles. The van der Waals surface area contributed by atoms with Crippen molar-refractivity contribution < 1.29 is 18.8 Å². The third kappa shape index (κ3) is 3.28. The summed E-state index contributed by atoms with van der Waals surface area (Å²) in [7, 11) is 0. The number of carboxylic acid groups (broad SMARTS) is 1. The summed E-state index contributed by atoms with van der Waals surface area (Å²) >= 11 is 0. The highest BCUT2D eigenvalue weighted by Crippen LogP contribution is 2.32. The first-order chi connectivity index (χ1) is 11.0. The van der Waals surface area contributed by atoms with Crippen LogP contribution in [0.1, 0.15) is 30.1 Å². The van der Waals surface area contributed by atoms with Gasteiger partial charge in [-0.2, -0.15) is 5.16 Å². The quantitative estimate of drug-likeness (QED) is 0.910. The van der Waals surface area contributed by atoms with Gasteiger partial charge < -0.3 is 14.5 Å². The molecule has 0 spiro atoms. The summed E-state index contributed by atoms with van der Waals surface area (Å²) in [4.78, 5) is 24.0. The molecule has 1 aliphatic rings. The number of piperidine rings is 1. The highest BCUT2D eigenvalue weighted by molar-refractivity contribution is 5.65. The molecule has 2 aromatic rings. The van der Waals surface area contributed by atoms with Gasteiger partial charge in [-0.15, -0.1) is 0 Å². The van der Waals surface area contributed by atoms with E-state index in [1.165, 1.54) is 17.0 Å². The van der Waals surface area contributed by atoms with E-state index in [2.05, 4.69) is 5.16 Å². The Balaban J connectivity index is 1.82. The Morgan fingerprint density at radius 3 is 2.87 bits per heavy atom. The smallest absolute Gasteiger partial charge is 0.407 e. The van der Waals surface area contributed by atoms with E-state index in [9.17, 15) is 19.1 Å². The lowest BCUT2D eigenvalue weighted by Gasteiger charge is -2.37. The van der Waals surface area contributed by atoms with Crippen LogP contribution in [-0.2, 0) is 6.42 Å². The molecule has 0 unspecified atom stereocenters. The van der Waals surface area contributed by atoms with Gasteiger partial charge in [0, 0.05) is 24.6 Å². The molecule has 7 heteroatoms. The number of hydrogen-bond acceptors (Lipinski definition) is 3. The molecule has 1 aliphatic heterocycles. The fourth-order valence-electron chi connectivity index (χ4n) is 3.17. The lowest BCUT2D eigenvalue weighted by atomic mass is 9.86. The molecule has 1 aromatic carbocycles. The second kappa shape index (κ2) is 6.28. The van der Waals surface area contributed by atoms with Crippen LogP contribution in [0.2, 0.25) is 0 Å². The summed E-state index contributed by atoms with van der Waals surface area (Å²) < 4.78 is 19.0. The first kappa shape index (κ1) is 15.3. The average Bonchev–Trinajstić information content (AvgIpc) is 2.96. The van der Waals surface area contributed by atoms with Crippen LogP contribution < -0.4 is 5.56 Å². The van der Waals surface area contributed by atoms with Crippen molar-refractivity contribution in [2.75, 3.05) is 6.54 Å². The van der Waals surface area contributed by atoms with Gasteiger partial charge >= 0.3 is 6.09 Å². The molecule has 3 rings (SSSR count). The number of H-pyrrole nitrogens is 1. The average molecular weight is 320 g/mol. The standard InChI is InChI=1S/C16H17FN2O4/c17-13-4-2-1-3-10(13)7-12-8-11(5-6-19(12)16(21)22)14-9-15(20)18-23-14/h1-4,9,11-12H,5-8H2,(H,18,20)(H,21,22)/t11-,12+/m0/s1. The van der Waals surface area contributed by atoms with Crippen LogP contribution in [0, 0.1) is 5.82 Å². The van der Waals surface area contributed by atoms with Crippen molar-refractivity contribution in [3.8, 4) is 0 Å². The number of carbonyl (C=O) groups is 1. The van der Waals surface area contributed by atoms with Gasteiger partial charge in [0.2, 0.25) is 0 Å². The molecular formula is C16H17FN2O4. The van der Waals surface area contributed by atoms with Gasteiger partial charge in [0.05, 0.1) is 0 Å². The monoisotopic (exact) mass is 320 g/mol. The lowest BCUT2D eigenvalue weighted by Crippen LogP contribution is -2.46. The van der Waals surface area contributed by atoms with Crippen molar-refractivity contribution in [3.63, 3.8) is 0 Å². The fourth-order valence-corrected chi connectivity index (χ4v) is 3.17. The molecule has 1 aromatic heterocycles. The van der Waals surface area contributed by atoms with Crippen LogP contribution in [0.15, 0.2) is 39.6 Å². The van der Waals surface area contributed by atoms with Crippen molar-refractivity contribution in [1.29, 1.82) is 0 Å². The van der Waals surface area contributed by atoms with E-state index in [-0.39, 0.29) is 23.3 Å². The Morgan fingerprint density at radius 2 is 2.22 bits per heavy atom. The fraction of sp³-hybridized carbons (Fsp3) is 0.375. The van der Waals surface area contributed by atoms with E-state index >= 15 is 0 Å². The maximum absolute atomic E-state index is 13.9. The van der Waals surface area contributed by atoms with E-state index in [4.69, 9.17) is 4.52 Å². The number of nitrogens with zero attached hydrogens (tertiary/aromatic N) is 1. The molecule has 2 atom stereocenters. The molecular weight excluding hydrogens is 303 g/mol. The Morgan fingerprint density at radius 1 is 1.43 bits per heavy atom. The Kier molecular flexibility index (Phi) is 4.18. The van der Waals surface area contributed by atoms with E-state index in [1.54, 1.807) is 18.2 Å². The number of rotatable bonds is 3. The van der Waals surface area contributed by atoms with Gasteiger partial charge in [-0.3, -0.25) is 4.79 Å². The molecule has 1 amide bonds. The summed E-state index contributed by atoms with van der Waals surface area (Å²) in [6.07, 6.45) is 0.340. The normalized spacial score (nSPS) is 21.3. The molecule has 1 saturated heterocycles. The maximum atomic E-state index is 13.9. The van der Waals surface area contributed by atoms with Crippen LogP contribution in [0.3, 0.4) is 0 Å². The molecule has 2 N–H and O–H groups in total. The van der Waals surface area contributed by atoms with Gasteiger partial charge in [-0.05, 0) is 30.9 Å². The second-order valence-electron chi connectivity index (χ2n) is 5.76. The van der Waals surface area contributed by atoms with E-state index in [0.29, 0.717) is 37.1 Å². The Hall–Kier alpha value is -2.57. The minimum absolute atomic E-state index is 0.0543. The summed E-state index contributed by atoms with van der Waals surface area (Å²) in [5, 5.41) is 11.6. The predicted molar refractivity (Wildman–Crippen MR) is 79.9 cm³/mol. The first-order valence-electron chi connectivity index (χ1n) is 7.46. The first-order valence-corrected chi connectivity index (χ1v) is 7.46. The van der Waals surface area contributed by atoms with E-state index < -0.39 is 6.09 Å². The van der Waals surface area contributed by atoms with E-state index in [0.717, 1.165) is 0 Å². The largest absolute Gasteiger partial charge is 0.465 e. The van der Waals surface area contributed by atoms with Gasteiger partial charge in [0.1, 0.15) is 11.6 Å². The minimum atomic E-state index is -1.01. The number of aromatic nitrogens is 1. The third-order valence-electron chi connectivity index (χ3n) is 4.32. The van der Waals surface area contributed by atoms with Gasteiger partial charge in [-0.25, -0.2) is 9.18 Å². The van der Waals surface area contributed by atoms with Crippen LogP contribution in [0.4, 0.5) is 9.18 Å². The van der Waals surface area contributed by atoms with Gasteiger partial charge in [0.25, 0.3) is 5.56 Å². The molecule has 6 nitrogen and oxygen atoms in total.